The topological polar surface area (TPSA) is 91.4 Å². The summed E-state index contributed by atoms with van der Waals surface area (Å²) < 4.78 is 34.3. The highest BCUT2D eigenvalue weighted by Crippen LogP contribution is 2.26. The first-order valence-corrected chi connectivity index (χ1v) is 9.88. The fourth-order valence-corrected chi connectivity index (χ4v) is 3.23. The van der Waals surface area contributed by atoms with Crippen LogP contribution in [0.15, 0.2) is 66.9 Å². The summed E-state index contributed by atoms with van der Waals surface area (Å²) in [5.41, 5.74) is -1.39. The van der Waals surface area contributed by atoms with Crippen LogP contribution in [0.5, 0.6) is 17.2 Å². The Labute approximate surface area is 177 Å². The lowest BCUT2D eigenvalue weighted by Crippen LogP contribution is -2.49. The van der Waals surface area contributed by atoms with E-state index in [0.717, 1.165) is 16.6 Å². The molecule has 30 heavy (non-hydrogen) atoms. The number of nitrogens with zero attached hydrogens (tertiary/aromatic N) is 1. The average Bonchev–Trinajstić information content (AvgIpc) is 2.75. The Hall–Kier alpha value is -3.33. The van der Waals surface area contributed by atoms with Crippen LogP contribution in [-0.2, 0) is 30.3 Å². The minimum Gasteiger partial charge on any atom is -0.467 e. The largest absolute Gasteiger partial charge is 0.467 e. The molecule has 0 aliphatic carbocycles. The first-order chi connectivity index (χ1) is 14.3. The highest BCUT2D eigenvalue weighted by molar-refractivity contribution is 7.78. The number of para-hydroxylation sites is 1. The molecule has 1 atom stereocenters. The Balaban J connectivity index is 2.16. The lowest BCUT2D eigenvalue weighted by molar-refractivity contribution is -0.149. The van der Waals surface area contributed by atoms with E-state index in [2.05, 4.69) is 4.74 Å². The zero-order valence-corrected chi connectivity index (χ0v) is 17.9. The lowest BCUT2D eigenvalue weighted by atomic mass is 10.1. The molecule has 0 saturated heterocycles. The van der Waals surface area contributed by atoms with Gasteiger partial charge in [0, 0.05) is 12.3 Å². The highest BCUT2D eigenvalue weighted by Gasteiger charge is 2.39. The van der Waals surface area contributed by atoms with Crippen LogP contribution >= 0.6 is 0 Å². The number of rotatable bonds is 9. The molecule has 0 N–H and O–H groups in total. The van der Waals surface area contributed by atoms with Gasteiger partial charge in [0.25, 0.3) is 0 Å². The SMILES string of the molecule is COC(=O)/C=C/N(S(=O)Oc1ccc(Oc2ccccc2)cc1)C(C)(C)C(=O)OC. The van der Waals surface area contributed by atoms with Gasteiger partial charge in [-0.25, -0.2) is 13.9 Å². The molecule has 160 valence electrons. The van der Waals surface area contributed by atoms with Crippen LogP contribution < -0.4 is 8.92 Å². The summed E-state index contributed by atoms with van der Waals surface area (Å²) in [6.07, 6.45) is 2.19. The summed E-state index contributed by atoms with van der Waals surface area (Å²) in [7, 11) is 2.41. The summed E-state index contributed by atoms with van der Waals surface area (Å²) in [6, 6.07) is 15.7. The maximum absolute atomic E-state index is 12.8. The van der Waals surface area contributed by atoms with Crippen LogP contribution in [0.2, 0.25) is 0 Å². The van der Waals surface area contributed by atoms with E-state index in [1.165, 1.54) is 28.1 Å². The van der Waals surface area contributed by atoms with E-state index in [1.807, 2.05) is 30.3 Å². The van der Waals surface area contributed by atoms with E-state index >= 15 is 0 Å². The molecular weight excluding hydrogens is 410 g/mol. The second-order valence-electron chi connectivity index (χ2n) is 6.40. The van der Waals surface area contributed by atoms with E-state index in [4.69, 9.17) is 13.7 Å². The molecule has 0 aliphatic rings. The van der Waals surface area contributed by atoms with E-state index in [-0.39, 0.29) is 5.75 Å². The van der Waals surface area contributed by atoms with Gasteiger partial charge in [0.2, 0.25) is 0 Å². The molecule has 0 amide bonds. The summed E-state index contributed by atoms with van der Waals surface area (Å²) in [5.74, 6) is 0.164. The van der Waals surface area contributed by atoms with E-state index in [1.54, 1.807) is 24.3 Å². The molecule has 8 nitrogen and oxygen atoms in total. The van der Waals surface area contributed by atoms with Crippen molar-refractivity contribution in [3.63, 3.8) is 0 Å². The summed E-state index contributed by atoms with van der Waals surface area (Å²) >= 11 is -2.17. The van der Waals surface area contributed by atoms with E-state index < -0.39 is 28.7 Å². The molecule has 9 heteroatoms. The molecule has 0 fully saturated rings. The van der Waals surface area contributed by atoms with Gasteiger partial charge in [-0.2, -0.15) is 4.21 Å². The van der Waals surface area contributed by atoms with Gasteiger partial charge in [-0.1, -0.05) is 18.2 Å². The number of methoxy groups -OCH3 is 2. The fourth-order valence-electron chi connectivity index (χ4n) is 2.27. The lowest BCUT2D eigenvalue weighted by Gasteiger charge is -2.32. The molecule has 2 rings (SSSR count). The van der Waals surface area contributed by atoms with Crippen LogP contribution in [-0.4, -0.2) is 40.2 Å². The summed E-state index contributed by atoms with van der Waals surface area (Å²) in [4.78, 5) is 23.6. The van der Waals surface area contributed by atoms with Gasteiger partial charge in [-0.15, -0.1) is 0 Å². The quantitative estimate of drug-likeness (QED) is 0.442. The van der Waals surface area contributed by atoms with Gasteiger partial charge in [0.15, 0.2) is 0 Å². The Morgan fingerprint density at radius 3 is 2.03 bits per heavy atom. The van der Waals surface area contributed by atoms with Gasteiger partial charge >= 0.3 is 23.2 Å². The minimum atomic E-state index is -2.17. The predicted molar refractivity (Wildman–Crippen MR) is 111 cm³/mol. The van der Waals surface area contributed by atoms with Crippen molar-refractivity contribution in [2.75, 3.05) is 14.2 Å². The number of hydrogen-bond acceptors (Lipinski definition) is 7. The van der Waals surface area contributed by atoms with Crippen molar-refractivity contribution >= 4 is 23.2 Å². The number of hydrogen-bond donors (Lipinski definition) is 0. The van der Waals surface area contributed by atoms with Crippen molar-refractivity contribution in [2.45, 2.75) is 19.4 Å². The number of carbonyl (C=O) groups is 2. The number of benzene rings is 2. The van der Waals surface area contributed by atoms with Crippen molar-refractivity contribution in [3.05, 3.63) is 66.9 Å². The van der Waals surface area contributed by atoms with Crippen molar-refractivity contribution in [3.8, 4) is 17.2 Å². The standard InChI is InChI=1S/C21H23NO7S/c1-21(2,20(24)27-4)22(15-14-19(23)26-3)30(25)29-18-12-10-17(11-13-18)28-16-8-6-5-7-9-16/h5-15H,1-4H3/b15-14+. The number of carbonyl (C=O) groups excluding carboxylic acids is 2. The van der Waals surface area contributed by atoms with Gasteiger partial charge in [0.05, 0.1) is 14.2 Å². The highest BCUT2D eigenvalue weighted by atomic mass is 32.2. The van der Waals surface area contributed by atoms with Crippen LogP contribution in [0.1, 0.15) is 13.8 Å². The first-order valence-electron chi connectivity index (χ1n) is 8.85. The third kappa shape index (κ3) is 6.08. The monoisotopic (exact) mass is 433 g/mol. The van der Waals surface area contributed by atoms with Gasteiger partial charge in [0.1, 0.15) is 22.8 Å². The fraction of sp³-hybridized carbons (Fsp3) is 0.238. The Morgan fingerprint density at radius 2 is 1.47 bits per heavy atom. The maximum atomic E-state index is 12.8. The Morgan fingerprint density at radius 1 is 0.900 bits per heavy atom. The van der Waals surface area contributed by atoms with Gasteiger partial charge < -0.3 is 18.4 Å². The molecule has 0 bridgehead atoms. The van der Waals surface area contributed by atoms with Crippen molar-refractivity contribution in [1.82, 2.24) is 4.31 Å². The van der Waals surface area contributed by atoms with Crippen molar-refractivity contribution < 1.29 is 32.2 Å². The van der Waals surface area contributed by atoms with Crippen LogP contribution in [0, 0.1) is 0 Å². The Bertz CT molecular complexity index is 911. The van der Waals surface area contributed by atoms with Crippen LogP contribution in [0.4, 0.5) is 0 Å². The minimum absolute atomic E-state index is 0.269. The molecule has 0 spiro atoms. The second-order valence-corrected chi connectivity index (χ2v) is 7.40. The molecule has 0 saturated carbocycles. The number of esters is 2. The predicted octanol–water partition coefficient (Wildman–Crippen LogP) is 3.38. The molecule has 0 radical (unpaired) electrons. The third-order valence-corrected chi connectivity index (χ3v) is 5.15. The van der Waals surface area contributed by atoms with E-state index in [9.17, 15) is 13.8 Å². The second kappa shape index (κ2) is 10.4. The molecule has 0 heterocycles. The van der Waals surface area contributed by atoms with Gasteiger partial charge in [-0.05, 0) is 50.2 Å². The van der Waals surface area contributed by atoms with Gasteiger partial charge in [-0.3, -0.25) is 0 Å². The molecule has 0 aromatic heterocycles. The maximum Gasteiger partial charge on any atom is 0.332 e. The summed E-state index contributed by atoms with van der Waals surface area (Å²) in [5, 5.41) is 0. The van der Waals surface area contributed by atoms with Crippen LogP contribution in [0.3, 0.4) is 0 Å². The average molecular weight is 433 g/mol. The first kappa shape index (κ1) is 23.0. The van der Waals surface area contributed by atoms with Crippen molar-refractivity contribution in [1.29, 1.82) is 0 Å². The molecule has 1 unspecified atom stereocenters. The normalized spacial score (nSPS) is 12.1. The van der Waals surface area contributed by atoms with Crippen molar-refractivity contribution in [2.24, 2.45) is 0 Å². The summed E-state index contributed by atoms with van der Waals surface area (Å²) in [6.45, 7) is 2.97. The zero-order chi connectivity index (χ0) is 22.1. The van der Waals surface area contributed by atoms with Crippen LogP contribution in [0.25, 0.3) is 0 Å². The number of ether oxygens (including phenoxy) is 3. The molecule has 0 aliphatic heterocycles. The molecule has 2 aromatic carbocycles. The smallest absolute Gasteiger partial charge is 0.332 e. The Kier molecular flexibility index (Phi) is 7.99. The third-order valence-electron chi connectivity index (χ3n) is 3.91. The van der Waals surface area contributed by atoms with E-state index in [0.29, 0.717) is 11.5 Å². The molecule has 2 aromatic rings. The zero-order valence-electron chi connectivity index (χ0n) is 17.1. The molecular formula is C21H23NO7S.